The molecule has 1 unspecified atom stereocenters. The molecule has 1 aliphatic carbocycles. The molecule has 0 saturated carbocycles. The Hall–Kier alpha value is -0.340. The van der Waals surface area contributed by atoms with E-state index in [2.05, 4.69) is 0 Å². The Bertz CT molecular complexity index is 265. The highest BCUT2D eigenvalue weighted by Gasteiger charge is 2.31. The van der Waals surface area contributed by atoms with E-state index in [1.165, 1.54) is 6.08 Å². The van der Waals surface area contributed by atoms with Crippen molar-refractivity contribution in [2.45, 2.75) is 44.7 Å². The van der Waals surface area contributed by atoms with Gasteiger partial charge in [-0.3, -0.25) is 0 Å². The van der Waals surface area contributed by atoms with E-state index in [1.54, 1.807) is 19.9 Å². The second kappa shape index (κ2) is 2.86. The monoisotopic (exact) mass is 173 g/mol. The van der Waals surface area contributed by atoms with Crippen LogP contribution in [0.1, 0.15) is 37.7 Å². The SMILES string of the molecule is [2H]C([2H])([2H])[C@@]1(O)C=CC(C(C)(C)O)CC1. The van der Waals surface area contributed by atoms with Crippen LogP contribution in [0.2, 0.25) is 0 Å². The van der Waals surface area contributed by atoms with Crippen LogP contribution in [0.5, 0.6) is 0 Å². The second-order valence-electron chi connectivity index (χ2n) is 4.08. The van der Waals surface area contributed by atoms with E-state index in [0.29, 0.717) is 6.42 Å². The van der Waals surface area contributed by atoms with Crippen LogP contribution in [0.4, 0.5) is 0 Å². The van der Waals surface area contributed by atoms with Crippen molar-refractivity contribution >= 4 is 0 Å². The maximum absolute atomic E-state index is 9.86. The quantitative estimate of drug-likeness (QED) is 0.590. The van der Waals surface area contributed by atoms with Gasteiger partial charge in [0.05, 0.1) is 11.2 Å². The van der Waals surface area contributed by atoms with Crippen LogP contribution in [-0.2, 0) is 0 Å². The van der Waals surface area contributed by atoms with Crippen LogP contribution in [-0.4, -0.2) is 21.4 Å². The highest BCUT2D eigenvalue weighted by atomic mass is 16.3. The predicted molar refractivity (Wildman–Crippen MR) is 48.8 cm³/mol. The van der Waals surface area contributed by atoms with E-state index in [0.717, 1.165) is 0 Å². The summed E-state index contributed by atoms with van der Waals surface area (Å²) in [7, 11) is 0. The molecule has 12 heavy (non-hydrogen) atoms. The van der Waals surface area contributed by atoms with Gasteiger partial charge < -0.3 is 10.2 Å². The van der Waals surface area contributed by atoms with Gasteiger partial charge in [0.2, 0.25) is 0 Å². The van der Waals surface area contributed by atoms with Crippen molar-refractivity contribution in [3.05, 3.63) is 12.2 Å². The molecule has 0 radical (unpaired) electrons. The summed E-state index contributed by atoms with van der Waals surface area (Å²) in [6.45, 7) is 0.970. The average molecular weight is 173 g/mol. The third-order valence-corrected chi connectivity index (χ3v) is 2.35. The van der Waals surface area contributed by atoms with Crippen molar-refractivity contribution in [3.8, 4) is 0 Å². The fourth-order valence-corrected chi connectivity index (χ4v) is 1.42. The Morgan fingerprint density at radius 3 is 2.67 bits per heavy atom. The van der Waals surface area contributed by atoms with Gasteiger partial charge in [-0.25, -0.2) is 0 Å². The molecular formula is C10H18O2. The van der Waals surface area contributed by atoms with E-state index in [-0.39, 0.29) is 12.3 Å². The summed E-state index contributed by atoms with van der Waals surface area (Å²) in [5, 5.41) is 19.6. The lowest BCUT2D eigenvalue weighted by Gasteiger charge is -2.33. The van der Waals surface area contributed by atoms with Crippen LogP contribution in [0.3, 0.4) is 0 Å². The molecule has 0 bridgehead atoms. The van der Waals surface area contributed by atoms with Gasteiger partial charge in [0.25, 0.3) is 0 Å². The van der Waals surface area contributed by atoms with Gasteiger partial charge in [0, 0.05) is 10.0 Å². The molecule has 2 N–H and O–H groups in total. The van der Waals surface area contributed by atoms with Gasteiger partial charge in [-0.2, -0.15) is 0 Å². The second-order valence-corrected chi connectivity index (χ2v) is 4.08. The first kappa shape index (κ1) is 6.17. The smallest absolute Gasteiger partial charge is 0.0800 e. The van der Waals surface area contributed by atoms with Crippen LogP contribution in [0.25, 0.3) is 0 Å². The molecule has 0 spiro atoms. The third-order valence-electron chi connectivity index (χ3n) is 2.35. The first-order chi connectivity index (χ1) is 6.56. The van der Waals surface area contributed by atoms with Gasteiger partial charge in [-0.1, -0.05) is 12.2 Å². The molecule has 0 aromatic heterocycles. The minimum Gasteiger partial charge on any atom is -0.390 e. The predicted octanol–water partition coefficient (Wildman–Crippen LogP) is 1.47. The molecule has 70 valence electrons. The Morgan fingerprint density at radius 1 is 1.67 bits per heavy atom. The molecule has 0 fully saturated rings. The molecular weight excluding hydrogens is 152 g/mol. The highest BCUT2D eigenvalue weighted by molar-refractivity contribution is 5.08. The zero-order valence-corrected chi connectivity index (χ0v) is 7.54. The third kappa shape index (κ3) is 2.32. The molecule has 0 aliphatic heterocycles. The first-order valence-electron chi connectivity index (χ1n) is 5.70. The summed E-state index contributed by atoms with van der Waals surface area (Å²) < 4.78 is 21.6. The molecule has 2 nitrogen and oxygen atoms in total. The Labute approximate surface area is 78.1 Å². The van der Waals surface area contributed by atoms with Gasteiger partial charge in [-0.15, -0.1) is 0 Å². The van der Waals surface area contributed by atoms with Crippen LogP contribution >= 0.6 is 0 Å². The zero-order valence-electron chi connectivity index (χ0n) is 10.5. The van der Waals surface area contributed by atoms with Crippen LogP contribution in [0.15, 0.2) is 12.2 Å². The van der Waals surface area contributed by atoms with Gasteiger partial charge in [-0.05, 0) is 33.5 Å². The van der Waals surface area contributed by atoms with E-state index >= 15 is 0 Å². The Balaban J connectivity index is 2.83. The van der Waals surface area contributed by atoms with Crippen LogP contribution in [0, 0.1) is 5.92 Å². The van der Waals surface area contributed by atoms with E-state index in [1.807, 2.05) is 0 Å². The molecule has 0 heterocycles. The van der Waals surface area contributed by atoms with Gasteiger partial charge in [0.1, 0.15) is 0 Å². The standard InChI is InChI=1S/C10H18O2/c1-9(2,11)8-4-6-10(3,12)7-5-8/h4,6,8,11-12H,5,7H2,1-3H3/t8?,10-/m1/s1/i3D3. The highest BCUT2D eigenvalue weighted by Crippen LogP contribution is 2.31. The molecule has 0 aromatic carbocycles. The lowest BCUT2D eigenvalue weighted by molar-refractivity contribution is 0.0114. The van der Waals surface area contributed by atoms with Crippen molar-refractivity contribution < 1.29 is 14.3 Å². The van der Waals surface area contributed by atoms with Crippen molar-refractivity contribution in [2.75, 3.05) is 0 Å². The minimum absolute atomic E-state index is 0.0971. The Morgan fingerprint density at radius 2 is 2.33 bits per heavy atom. The summed E-state index contributed by atoms with van der Waals surface area (Å²) in [4.78, 5) is 0. The van der Waals surface area contributed by atoms with Gasteiger partial charge >= 0.3 is 0 Å². The lowest BCUT2D eigenvalue weighted by Crippen LogP contribution is -2.35. The average Bonchev–Trinajstić information content (AvgIpc) is 2.01. The Kier molecular flexibility index (Phi) is 1.47. The zero-order chi connectivity index (χ0) is 11.9. The number of rotatable bonds is 1. The molecule has 0 saturated heterocycles. The topological polar surface area (TPSA) is 40.5 Å². The summed E-state index contributed by atoms with van der Waals surface area (Å²) in [5.74, 6) is -0.0971. The summed E-state index contributed by atoms with van der Waals surface area (Å²) >= 11 is 0. The largest absolute Gasteiger partial charge is 0.390 e. The fourth-order valence-electron chi connectivity index (χ4n) is 1.42. The number of aliphatic hydroxyl groups is 2. The van der Waals surface area contributed by atoms with E-state index < -0.39 is 18.1 Å². The molecule has 1 aliphatic rings. The molecule has 0 amide bonds. The number of hydrogen-bond donors (Lipinski definition) is 2. The summed E-state index contributed by atoms with van der Waals surface area (Å²) in [6.07, 6.45) is 3.56. The summed E-state index contributed by atoms with van der Waals surface area (Å²) in [5.41, 5.74) is -2.60. The van der Waals surface area contributed by atoms with Crippen molar-refractivity contribution in [2.24, 2.45) is 5.92 Å². The number of hydrogen-bond acceptors (Lipinski definition) is 2. The van der Waals surface area contributed by atoms with E-state index in [4.69, 9.17) is 4.11 Å². The molecule has 1 rings (SSSR count). The van der Waals surface area contributed by atoms with E-state index in [9.17, 15) is 10.2 Å². The lowest BCUT2D eigenvalue weighted by atomic mass is 9.79. The fraction of sp³-hybridized carbons (Fsp3) is 0.800. The van der Waals surface area contributed by atoms with Crippen LogP contribution < -0.4 is 0 Å². The van der Waals surface area contributed by atoms with Crippen molar-refractivity contribution in [1.29, 1.82) is 0 Å². The maximum Gasteiger partial charge on any atom is 0.0800 e. The molecule has 2 atom stereocenters. The normalized spacial score (nSPS) is 41.7. The summed E-state index contributed by atoms with van der Waals surface area (Å²) in [6, 6.07) is 0. The molecule has 0 aromatic rings. The first-order valence-corrected chi connectivity index (χ1v) is 4.20. The van der Waals surface area contributed by atoms with Crippen molar-refractivity contribution in [1.82, 2.24) is 0 Å². The minimum atomic E-state index is -2.39. The maximum atomic E-state index is 9.86. The van der Waals surface area contributed by atoms with Crippen molar-refractivity contribution in [3.63, 3.8) is 0 Å². The molecule has 2 heteroatoms. The van der Waals surface area contributed by atoms with Gasteiger partial charge in [0.15, 0.2) is 0 Å².